The van der Waals surface area contributed by atoms with Crippen molar-refractivity contribution in [1.82, 2.24) is 0 Å². The zero-order valence-electron chi connectivity index (χ0n) is 22.3. The lowest BCUT2D eigenvalue weighted by molar-refractivity contribution is -0.199. The molecule has 4 fully saturated rings. The van der Waals surface area contributed by atoms with Crippen molar-refractivity contribution in [3.05, 3.63) is 12.2 Å². The second kappa shape index (κ2) is 7.29. The standard InChI is InChI=1S/C30H44O4/c1-26(2)14-15-30(25(33)34-7)13-8-18-24(19(30)17-26)20(31)16-22-28(18,5)11-9-21-27(3,4)23(32)10-12-29(21,22)6/h10,12,18-19,21-22,24H,8-9,11,13-17H2,1-7H3. The van der Waals surface area contributed by atoms with Crippen LogP contribution in [0.5, 0.6) is 0 Å². The SMILES string of the molecule is COC(=O)C12CCC3C(C(=O)CC4C5(C)C=CC(=O)C(C)(C)C5CCC34C)C1CC(C)(C)CC2. The van der Waals surface area contributed by atoms with Gasteiger partial charge in [0.25, 0.3) is 0 Å². The molecule has 4 nitrogen and oxygen atoms in total. The number of carbonyl (C=O) groups is 3. The van der Waals surface area contributed by atoms with E-state index < -0.39 is 5.41 Å². The molecule has 5 aliphatic rings. The maximum atomic E-state index is 14.1. The van der Waals surface area contributed by atoms with Crippen LogP contribution in [0, 0.1) is 56.7 Å². The molecule has 0 saturated heterocycles. The number of hydrogen-bond acceptors (Lipinski definition) is 4. The minimum absolute atomic E-state index is 0.0453. The minimum Gasteiger partial charge on any atom is -0.469 e. The van der Waals surface area contributed by atoms with Gasteiger partial charge in [-0.3, -0.25) is 14.4 Å². The van der Waals surface area contributed by atoms with Crippen LogP contribution in [0.15, 0.2) is 12.2 Å². The van der Waals surface area contributed by atoms with E-state index in [1.54, 1.807) is 0 Å². The number of carbonyl (C=O) groups excluding carboxylic acids is 3. The second-order valence-corrected chi connectivity index (χ2v) is 14.4. The lowest BCUT2D eigenvalue weighted by Crippen LogP contribution is -2.65. The van der Waals surface area contributed by atoms with Crippen molar-refractivity contribution < 1.29 is 19.1 Å². The van der Waals surface area contributed by atoms with Crippen LogP contribution < -0.4 is 0 Å². The molecule has 34 heavy (non-hydrogen) atoms. The van der Waals surface area contributed by atoms with Gasteiger partial charge in [-0.15, -0.1) is 0 Å². The predicted molar refractivity (Wildman–Crippen MR) is 132 cm³/mol. The monoisotopic (exact) mass is 468 g/mol. The van der Waals surface area contributed by atoms with E-state index in [0.29, 0.717) is 18.1 Å². The van der Waals surface area contributed by atoms with E-state index in [4.69, 9.17) is 4.74 Å². The number of fused-ring (bicyclic) bond motifs is 7. The summed E-state index contributed by atoms with van der Waals surface area (Å²) in [6, 6.07) is 0. The quantitative estimate of drug-likeness (QED) is 0.432. The molecule has 0 N–H and O–H groups in total. The molecule has 4 saturated carbocycles. The van der Waals surface area contributed by atoms with Crippen molar-refractivity contribution in [3.63, 3.8) is 0 Å². The first-order chi connectivity index (χ1) is 15.7. The number of rotatable bonds is 1. The third-order valence-electron chi connectivity index (χ3n) is 12.1. The number of ketones is 2. The van der Waals surface area contributed by atoms with Crippen molar-refractivity contribution in [3.8, 4) is 0 Å². The molecule has 8 unspecified atom stereocenters. The van der Waals surface area contributed by atoms with E-state index in [1.807, 2.05) is 6.08 Å². The van der Waals surface area contributed by atoms with Crippen LogP contribution in [0.1, 0.15) is 92.9 Å². The fourth-order valence-corrected chi connectivity index (χ4v) is 10.2. The maximum absolute atomic E-state index is 14.1. The van der Waals surface area contributed by atoms with E-state index in [1.165, 1.54) is 7.11 Å². The zero-order valence-corrected chi connectivity index (χ0v) is 22.3. The van der Waals surface area contributed by atoms with E-state index in [9.17, 15) is 14.4 Å². The topological polar surface area (TPSA) is 60.4 Å². The summed E-state index contributed by atoms with van der Waals surface area (Å²) in [6.07, 6.45) is 11.2. The van der Waals surface area contributed by atoms with Gasteiger partial charge in [0.1, 0.15) is 5.78 Å². The maximum Gasteiger partial charge on any atom is 0.312 e. The molecule has 0 bridgehead atoms. The number of Topliss-reactive ketones (excluding diaryl/α,β-unsaturated/α-hetero) is 1. The van der Waals surface area contributed by atoms with Crippen molar-refractivity contribution in [2.75, 3.05) is 7.11 Å². The van der Waals surface area contributed by atoms with Gasteiger partial charge >= 0.3 is 5.97 Å². The summed E-state index contributed by atoms with van der Waals surface area (Å²) >= 11 is 0. The molecule has 8 atom stereocenters. The number of esters is 1. The number of ether oxygens (including phenoxy) is 1. The minimum atomic E-state index is -0.495. The van der Waals surface area contributed by atoms with Crippen LogP contribution in [-0.4, -0.2) is 24.6 Å². The van der Waals surface area contributed by atoms with Gasteiger partial charge in [-0.25, -0.2) is 0 Å². The van der Waals surface area contributed by atoms with Gasteiger partial charge in [0.05, 0.1) is 12.5 Å². The average molecular weight is 469 g/mol. The molecule has 5 aliphatic carbocycles. The van der Waals surface area contributed by atoms with Crippen molar-refractivity contribution in [2.45, 2.75) is 92.9 Å². The summed E-state index contributed by atoms with van der Waals surface area (Å²) in [5.41, 5.74) is -0.834. The Kier molecular flexibility index (Phi) is 5.20. The van der Waals surface area contributed by atoms with Gasteiger partial charge in [0.15, 0.2) is 5.78 Å². The Morgan fingerprint density at radius 1 is 0.912 bits per heavy atom. The molecular weight excluding hydrogens is 424 g/mol. The summed E-state index contributed by atoms with van der Waals surface area (Å²) in [6.45, 7) is 13.6. The van der Waals surface area contributed by atoms with Crippen LogP contribution in [0.25, 0.3) is 0 Å². The number of hydrogen-bond donors (Lipinski definition) is 0. The van der Waals surface area contributed by atoms with E-state index in [0.717, 1.165) is 44.9 Å². The molecule has 5 rings (SSSR count). The Balaban J connectivity index is 1.57. The fraction of sp³-hybridized carbons (Fsp3) is 0.833. The lowest BCUT2D eigenvalue weighted by Gasteiger charge is -2.67. The first kappa shape index (κ1) is 24.3. The van der Waals surface area contributed by atoms with Crippen LogP contribution in [0.2, 0.25) is 0 Å². The van der Waals surface area contributed by atoms with Crippen LogP contribution in [-0.2, 0) is 19.1 Å². The lowest BCUT2D eigenvalue weighted by atomic mass is 9.36. The Labute approximate surface area is 205 Å². The number of methoxy groups -OCH3 is 1. The highest BCUT2D eigenvalue weighted by Gasteiger charge is 2.68. The van der Waals surface area contributed by atoms with Crippen LogP contribution in [0.3, 0.4) is 0 Å². The molecule has 0 aromatic heterocycles. The molecule has 0 radical (unpaired) electrons. The molecular formula is C30H44O4. The summed E-state index contributed by atoms with van der Waals surface area (Å²) in [7, 11) is 1.51. The molecule has 0 aromatic carbocycles. The van der Waals surface area contributed by atoms with Gasteiger partial charge in [-0.05, 0) is 90.9 Å². The molecule has 0 aromatic rings. The highest BCUT2D eigenvalue weighted by atomic mass is 16.5. The third kappa shape index (κ3) is 2.98. The highest BCUT2D eigenvalue weighted by Crippen LogP contribution is 2.71. The van der Waals surface area contributed by atoms with E-state index >= 15 is 0 Å². The third-order valence-corrected chi connectivity index (χ3v) is 12.1. The molecule has 4 heteroatoms. The van der Waals surface area contributed by atoms with Crippen LogP contribution >= 0.6 is 0 Å². The van der Waals surface area contributed by atoms with Gasteiger partial charge in [-0.2, -0.15) is 0 Å². The average Bonchev–Trinajstić information content (AvgIpc) is 2.76. The number of allylic oxidation sites excluding steroid dienone is 2. The molecule has 0 amide bonds. The molecule has 0 spiro atoms. The van der Waals surface area contributed by atoms with Gasteiger partial charge in [-0.1, -0.05) is 47.6 Å². The normalized spacial score (nSPS) is 48.7. The van der Waals surface area contributed by atoms with Gasteiger partial charge < -0.3 is 4.74 Å². The molecule has 0 heterocycles. The summed E-state index contributed by atoms with van der Waals surface area (Å²) in [4.78, 5) is 40.2. The van der Waals surface area contributed by atoms with E-state index in [-0.39, 0.29) is 57.1 Å². The zero-order chi connectivity index (χ0) is 24.9. The first-order valence-corrected chi connectivity index (χ1v) is 13.6. The van der Waals surface area contributed by atoms with Crippen molar-refractivity contribution in [1.29, 1.82) is 0 Å². The van der Waals surface area contributed by atoms with Gasteiger partial charge in [0, 0.05) is 17.8 Å². The van der Waals surface area contributed by atoms with Crippen molar-refractivity contribution >= 4 is 17.5 Å². The Morgan fingerprint density at radius 2 is 1.62 bits per heavy atom. The van der Waals surface area contributed by atoms with E-state index in [2.05, 4.69) is 47.6 Å². The molecule has 0 aliphatic heterocycles. The Hall–Kier alpha value is -1.45. The smallest absolute Gasteiger partial charge is 0.312 e. The van der Waals surface area contributed by atoms with Crippen molar-refractivity contribution in [2.24, 2.45) is 56.7 Å². The summed E-state index contributed by atoms with van der Waals surface area (Å²) in [5, 5.41) is 0. The van der Waals surface area contributed by atoms with Gasteiger partial charge in [0.2, 0.25) is 0 Å². The second-order valence-electron chi connectivity index (χ2n) is 14.4. The summed E-state index contributed by atoms with van der Waals surface area (Å²) in [5.74, 6) is 1.37. The Morgan fingerprint density at radius 3 is 2.29 bits per heavy atom. The summed E-state index contributed by atoms with van der Waals surface area (Å²) < 4.78 is 5.39. The Bertz CT molecular complexity index is 959. The fourth-order valence-electron chi connectivity index (χ4n) is 10.2. The highest BCUT2D eigenvalue weighted by molar-refractivity contribution is 5.96. The first-order valence-electron chi connectivity index (χ1n) is 13.6. The molecule has 188 valence electrons. The van der Waals surface area contributed by atoms with Crippen LogP contribution in [0.4, 0.5) is 0 Å². The predicted octanol–water partition coefficient (Wildman–Crippen LogP) is 6.18. The largest absolute Gasteiger partial charge is 0.469 e.